The molecule has 1 saturated heterocycles. The van der Waals surface area contributed by atoms with Crippen LogP contribution in [-0.2, 0) is 6.18 Å². The topological polar surface area (TPSA) is 107 Å². The Labute approximate surface area is 151 Å². The molecule has 27 heavy (non-hydrogen) atoms. The minimum Gasteiger partial charge on any atom is -0.490 e. The van der Waals surface area contributed by atoms with Crippen LogP contribution in [0.5, 0.6) is 5.75 Å². The summed E-state index contributed by atoms with van der Waals surface area (Å²) in [5.74, 6) is -0.357. The monoisotopic (exact) mass is 383 g/mol. The smallest absolute Gasteiger partial charge is 0.419 e. The lowest BCUT2D eigenvalue weighted by molar-refractivity contribution is -0.383. The molecule has 0 unspecified atom stereocenters. The summed E-state index contributed by atoms with van der Waals surface area (Å²) < 4.78 is 44.8. The van der Waals surface area contributed by atoms with E-state index in [1.165, 1.54) is 18.2 Å². The van der Waals surface area contributed by atoms with Crippen molar-refractivity contribution in [2.45, 2.75) is 25.1 Å². The van der Waals surface area contributed by atoms with Crippen molar-refractivity contribution < 1.29 is 22.8 Å². The minimum atomic E-state index is -4.50. The molecule has 1 fully saturated rings. The van der Waals surface area contributed by atoms with Gasteiger partial charge in [-0.1, -0.05) is 12.1 Å². The highest BCUT2D eigenvalue weighted by Gasteiger charge is 2.35. The lowest BCUT2D eigenvalue weighted by Crippen LogP contribution is -2.39. The van der Waals surface area contributed by atoms with Gasteiger partial charge < -0.3 is 15.4 Å². The number of rotatable bonds is 4. The van der Waals surface area contributed by atoms with Gasteiger partial charge in [-0.3, -0.25) is 10.1 Å². The highest BCUT2D eigenvalue weighted by molar-refractivity contribution is 5.68. The maximum absolute atomic E-state index is 13.1. The summed E-state index contributed by atoms with van der Waals surface area (Å²) in [5.41, 5.74) is 4.36. The largest absolute Gasteiger partial charge is 0.490 e. The fourth-order valence-corrected chi connectivity index (χ4v) is 2.96. The maximum atomic E-state index is 13.1. The molecule has 3 rings (SSSR count). The van der Waals surface area contributed by atoms with Crippen LogP contribution in [0.25, 0.3) is 0 Å². The van der Waals surface area contributed by atoms with Crippen molar-refractivity contribution in [2.75, 3.05) is 23.7 Å². The number of nitrogens with zero attached hydrogens (tertiary/aromatic N) is 4. The van der Waals surface area contributed by atoms with Crippen LogP contribution in [0.1, 0.15) is 18.4 Å². The van der Waals surface area contributed by atoms with E-state index in [2.05, 4.69) is 9.97 Å². The molecule has 0 radical (unpaired) electrons. The van der Waals surface area contributed by atoms with E-state index >= 15 is 0 Å². The van der Waals surface area contributed by atoms with E-state index in [-0.39, 0.29) is 23.1 Å². The number of alkyl halides is 3. The summed E-state index contributed by atoms with van der Waals surface area (Å²) in [5, 5.41) is 11.2. The standard InChI is InChI=1S/C16H16F3N5O3/c17-16(18,19)11-3-1-2-4-12(11)27-10-5-7-23(8-6-10)15-13(24(25)26)14(20)21-9-22-15/h1-4,9-10H,5-8H2,(H2,20,21,22). The summed E-state index contributed by atoms with van der Waals surface area (Å²) in [6.07, 6.45) is -3.04. The Morgan fingerprint density at radius 1 is 1.22 bits per heavy atom. The van der Waals surface area contributed by atoms with Crippen molar-refractivity contribution in [2.24, 2.45) is 0 Å². The number of nitrogen functional groups attached to an aromatic ring is 1. The van der Waals surface area contributed by atoms with Crippen LogP contribution in [0.15, 0.2) is 30.6 Å². The lowest BCUT2D eigenvalue weighted by atomic mass is 10.1. The summed E-state index contributed by atoms with van der Waals surface area (Å²) >= 11 is 0. The molecular formula is C16H16F3N5O3. The Morgan fingerprint density at radius 2 is 1.89 bits per heavy atom. The molecule has 0 atom stereocenters. The molecule has 0 amide bonds. The number of hydrogen-bond acceptors (Lipinski definition) is 7. The predicted octanol–water partition coefficient (Wildman–Crippen LogP) is 3.03. The van der Waals surface area contributed by atoms with E-state index < -0.39 is 22.8 Å². The number of para-hydroxylation sites is 1. The number of anilines is 2. The summed E-state index contributed by atoms with van der Waals surface area (Å²) in [4.78, 5) is 19.8. The first kappa shape index (κ1) is 18.7. The van der Waals surface area contributed by atoms with Crippen LogP contribution >= 0.6 is 0 Å². The molecule has 1 aromatic heterocycles. The molecular weight excluding hydrogens is 367 g/mol. The first-order valence-electron chi connectivity index (χ1n) is 8.10. The number of aromatic nitrogens is 2. The van der Waals surface area contributed by atoms with Crippen LogP contribution in [0.3, 0.4) is 0 Å². The molecule has 0 aliphatic carbocycles. The van der Waals surface area contributed by atoms with Gasteiger partial charge in [-0.2, -0.15) is 13.2 Å². The average Bonchev–Trinajstić information content (AvgIpc) is 2.61. The first-order valence-corrected chi connectivity index (χ1v) is 8.10. The zero-order valence-corrected chi connectivity index (χ0v) is 14.0. The van der Waals surface area contributed by atoms with Gasteiger partial charge in [-0.25, -0.2) is 9.97 Å². The second-order valence-corrected chi connectivity index (χ2v) is 5.99. The van der Waals surface area contributed by atoms with Crippen molar-refractivity contribution in [3.8, 4) is 5.75 Å². The molecule has 0 bridgehead atoms. The second kappa shape index (κ2) is 7.25. The van der Waals surface area contributed by atoms with Gasteiger partial charge in [0.15, 0.2) is 0 Å². The number of nitrogens with two attached hydrogens (primary N) is 1. The molecule has 1 aromatic carbocycles. The maximum Gasteiger partial charge on any atom is 0.419 e. The van der Waals surface area contributed by atoms with Gasteiger partial charge in [-0.15, -0.1) is 0 Å². The van der Waals surface area contributed by atoms with E-state index in [0.29, 0.717) is 25.9 Å². The summed E-state index contributed by atoms with van der Waals surface area (Å²) in [6.45, 7) is 0.659. The molecule has 8 nitrogen and oxygen atoms in total. The number of ether oxygens (including phenoxy) is 1. The van der Waals surface area contributed by atoms with Gasteiger partial charge >= 0.3 is 11.9 Å². The van der Waals surface area contributed by atoms with Gasteiger partial charge in [0.2, 0.25) is 11.6 Å². The molecule has 1 aliphatic heterocycles. The molecule has 0 spiro atoms. The van der Waals surface area contributed by atoms with Crippen LogP contribution in [0, 0.1) is 10.1 Å². The first-order chi connectivity index (χ1) is 12.8. The SMILES string of the molecule is Nc1ncnc(N2CCC(Oc3ccccc3C(F)(F)F)CC2)c1[N+](=O)[O-]. The minimum absolute atomic E-state index is 0.0987. The molecule has 2 heterocycles. The average molecular weight is 383 g/mol. The van der Waals surface area contributed by atoms with Crippen LogP contribution in [0.4, 0.5) is 30.5 Å². The molecule has 2 aromatic rings. The Bertz CT molecular complexity index is 838. The number of benzene rings is 1. The van der Waals surface area contributed by atoms with Crippen molar-refractivity contribution in [3.63, 3.8) is 0 Å². The summed E-state index contributed by atoms with van der Waals surface area (Å²) in [7, 11) is 0. The zero-order chi connectivity index (χ0) is 19.6. The fraction of sp³-hybridized carbons (Fsp3) is 0.375. The van der Waals surface area contributed by atoms with Gasteiger partial charge in [-0.05, 0) is 12.1 Å². The third-order valence-electron chi connectivity index (χ3n) is 4.24. The number of hydrogen-bond donors (Lipinski definition) is 1. The van der Waals surface area contributed by atoms with Crippen LogP contribution in [0.2, 0.25) is 0 Å². The van der Waals surface area contributed by atoms with Gasteiger partial charge in [0.05, 0.1) is 10.5 Å². The summed E-state index contributed by atoms with van der Waals surface area (Å²) in [6, 6.07) is 5.03. The molecule has 2 N–H and O–H groups in total. The Hall–Kier alpha value is -3.11. The van der Waals surface area contributed by atoms with Gasteiger partial charge in [0, 0.05) is 25.9 Å². The predicted molar refractivity (Wildman–Crippen MR) is 90.4 cm³/mol. The number of piperidine rings is 1. The van der Waals surface area contributed by atoms with Gasteiger partial charge in [0.25, 0.3) is 0 Å². The molecule has 0 saturated carbocycles. The number of nitro groups is 1. The highest BCUT2D eigenvalue weighted by Crippen LogP contribution is 2.37. The third kappa shape index (κ3) is 4.01. The van der Waals surface area contributed by atoms with Crippen molar-refractivity contribution in [1.82, 2.24) is 9.97 Å². The number of halogens is 3. The molecule has 11 heteroatoms. The van der Waals surface area contributed by atoms with E-state index in [0.717, 1.165) is 12.4 Å². The normalized spacial score (nSPS) is 15.6. The highest BCUT2D eigenvalue weighted by atomic mass is 19.4. The van der Waals surface area contributed by atoms with Crippen LogP contribution < -0.4 is 15.4 Å². The zero-order valence-electron chi connectivity index (χ0n) is 14.0. The van der Waals surface area contributed by atoms with Crippen molar-refractivity contribution in [3.05, 3.63) is 46.3 Å². The fourth-order valence-electron chi connectivity index (χ4n) is 2.96. The quantitative estimate of drug-likeness (QED) is 0.639. The Morgan fingerprint density at radius 3 is 2.52 bits per heavy atom. The second-order valence-electron chi connectivity index (χ2n) is 5.99. The molecule has 144 valence electrons. The van der Waals surface area contributed by atoms with Crippen molar-refractivity contribution in [1.29, 1.82) is 0 Å². The lowest BCUT2D eigenvalue weighted by Gasteiger charge is -2.33. The van der Waals surface area contributed by atoms with E-state index in [1.807, 2.05) is 0 Å². The van der Waals surface area contributed by atoms with Crippen LogP contribution in [-0.4, -0.2) is 34.1 Å². The van der Waals surface area contributed by atoms with E-state index in [4.69, 9.17) is 10.5 Å². The Balaban J connectivity index is 1.71. The van der Waals surface area contributed by atoms with E-state index in [9.17, 15) is 23.3 Å². The van der Waals surface area contributed by atoms with Gasteiger partial charge in [0.1, 0.15) is 18.2 Å². The Kier molecular flexibility index (Phi) is 5.02. The van der Waals surface area contributed by atoms with Crippen molar-refractivity contribution >= 4 is 17.3 Å². The molecule has 1 aliphatic rings. The van der Waals surface area contributed by atoms with E-state index in [1.54, 1.807) is 4.90 Å². The third-order valence-corrected chi connectivity index (χ3v) is 4.24.